The molecule has 1 amide bonds. The van der Waals surface area contributed by atoms with Gasteiger partial charge in [0.15, 0.2) is 0 Å². The first kappa shape index (κ1) is 28.3. The average molecular weight is 450 g/mol. The van der Waals surface area contributed by atoms with E-state index in [4.69, 9.17) is 5.11 Å². The van der Waals surface area contributed by atoms with Crippen LogP contribution in [0.5, 0.6) is 0 Å². The zero-order valence-electron chi connectivity index (χ0n) is 18.3. The van der Waals surface area contributed by atoms with Gasteiger partial charge in [-0.3, -0.25) is 4.79 Å². The van der Waals surface area contributed by atoms with Crippen LogP contribution in [0, 0.1) is 0 Å². The Bertz CT molecular complexity index is 636. The second-order valence-electron chi connectivity index (χ2n) is 7.57. The van der Waals surface area contributed by atoms with Crippen molar-refractivity contribution in [2.45, 2.75) is 78.4 Å². The molecule has 1 atom stereocenters. The van der Waals surface area contributed by atoms with Crippen molar-refractivity contribution in [3.8, 4) is 0 Å². The molecule has 0 aliphatic heterocycles. The van der Waals surface area contributed by atoms with E-state index in [9.17, 15) is 22.8 Å². The number of carbonyl (C=O) groups excluding carboxylic acids is 1. The normalized spacial score (nSPS) is 13.7. The number of rotatable bonds is 14. The van der Waals surface area contributed by atoms with E-state index in [2.05, 4.69) is 38.2 Å². The van der Waals surface area contributed by atoms with E-state index >= 15 is 0 Å². The summed E-state index contributed by atoms with van der Waals surface area (Å²) in [5, 5.41) is 11.3. The molecule has 0 aromatic rings. The Labute approximate surface area is 182 Å². The third kappa shape index (κ3) is 17.2. The molecule has 0 radical (unpaired) electrons. The van der Waals surface area contributed by atoms with Crippen LogP contribution in [-0.4, -0.2) is 40.7 Å². The van der Waals surface area contributed by atoms with Gasteiger partial charge < -0.3 is 10.4 Å². The Balaban J connectivity index is 4.24. The topological polar surface area (TPSA) is 66.4 Å². The number of alkyl halides is 3. The van der Waals surface area contributed by atoms with Gasteiger partial charge in [-0.2, -0.15) is 24.9 Å². The second-order valence-corrected chi connectivity index (χ2v) is 8.65. The van der Waals surface area contributed by atoms with Gasteiger partial charge in [-0.1, -0.05) is 34.9 Å². The number of carboxylic acids is 1. The highest BCUT2D eigenvalue weighted by Gasteiger charge is 2.29. The summed E-state index contributed by atoms with van der Waals surface area (Å²) in [5.74, 6) is -1.48. The lowest BCUT2D eigenvalue weighted by Gasteiger charge is -2.14. The van der Waals surface area contributed by atoms with E-state index in [1.165, 1.54) is 28.5 Å². The Morgan fingerprint density at radius 2 is 1.53 bits per heavy atom. The number of allylic oxidation sites excluding steroid dienone is 5. The lowest BCUT2D eigenvalue weighted by Crippen LogP contribution is -2.42. The quantitative estimate of drug-likeness (QED) is 0.250. The van der Waals surface area contributed by atoms with Gasteiger partial charge in [0.05, 0.1) is 6.42 Å². The predicted molar refractivity (Wildman–Crippen MR) is 118 cm³/mol. The summed E-state index contributed by atoms with van der Waals surface area (Å²) in [4.78, 5) is 22.7. The maximum absolute atomic E-state index is 12.1. The van der Waals surface area contributed by atoms with Crippen LogP contribution in [0.4, 0.5) is 13.2 Å². The van der Waals surface area contributed by atoms with Gasteiger partial charge in [0.2, 0.25) is 5.91 Å². The molecule has 0 saturated heterocycles. The smallest absolute Gasteiger partial charge is 0.389 e. The number of thioether (sulfide) groups is 1. The first-order valence-electron chi connectivity index (χ1n) is 10.0. The summed E-state index contributed by atoms with van der Waals surface area (Å²) in [7, 11) is 0. The molecular weight excluding hydrogens is 415 g/mol. The fourth-order valence-corrected chi connectivity index (χ4v) is 3.42. The molecule has 30 heavy (non-hydrogen) atoms. The van der Waals surface area contributed by atoms with Gasteiger partial charge >= 0.3 is 12.1 Å². The van der Waals surface area contributed by atoms with Gasteiger partial charge in [0.1, 0.15) is 6.04 Å². The SMILES string of the molecule is CC(C)=CCC/C(C)=C/CC/C(C)=C/CSC[C@H](NC(=O)CCC(F)(F)F)C(=O)O. The number of hydrogen-bond donors (Lipinski definition) is 2. The molecule has 8 heteroatoms. The van der Waals surface area contributed by atoms with Crippen molar-refractivity contribution in [3.05, 3.63) is 34.9 Å². The lowest BCUT2D eigenvalue weighted by atomic mass is 10.1. The maximum atomic E-state index is 12.1. The zero-order valence-corrected chi connectivity index (χ0v) is 19.1. The first-order chi connectivity index (χ1) is 13.9. The highest BCUT2D eigenvalue weighted by molar-refractivity contribution is 7.99. The van der Waals surface area contributed by atoms with Crippen molar-refractivity contribution in [3.63, 3.8) is 0 Å². The number of halogens is 3. The van der Waals surface area contributed by atoms with E-state index in [1.807, 2.05) is 13.0 Å². The standard InChI is InChI=1S/C22H34F3NO3S/c1-16(2)7-5-8-17(3)9-6-10-18(4)12-14-30-15-19(21(28)29)26-20(27)11-13-22(23,24)25/h7,9,12,19H,5-6,8,10-11,13-15H2,1-4H3,(H,26,27)(H,28,29)/b17-9+,18-12+/t19-/m0/s1. The number of hydrogen-bond acceptors (Lipinski definition) is 3. The molecule has 0 spiro atoms. The molecular formula is C22H34F3NO3S. The largest absolute Gasteiger partial charge is 0.480 e. The molecule has 0 aromatic heterocycles. The lowest BCUT2D eigenvalue weighted by molar-refractivity contribution is -0.146. The summed E-state index contributed by atoms with van der Waals surface area (Å²) >= 11 is 1.32. The Morgan fingerprint density at radius 3 is 2.07 bits per heavy atom. The van der Waals surface area contributed by atoms with Gasteiger partial charge in [-0.05, 0) is 53.4 Å². The first-order valence-corrected chi connectivity index (χ1v) is 11.2. The van der Waals surface area contributed by atoms with Crippen molar-refractivity contribution in [1.29, 1.82) is 0 Å². The van der Waals surface area contributed by atoms with Crippen LogP contribution in [0.25, 0.3) is 0 Å². The Morgan fingerprint density at radius 1 is 0.967 bits per heavy atom. The van der Waals surface area contributed by atoms with Gasteiger partial charge in [-0.25, -0.2) is 4.79 Å². The highest BCUT2D eigenvalue weighted by atomic mass is 32.2. The van der Waals surface area contributed by atoms with Crippen molar-refractivity contribution in [2.75, 3.05) is 11.5 Å². The van der Waals surface area contributed by atoms with Crippen LogP contribution in [0.2, 0.25) is 0 Å². The fourth-order valence-electron chi connectivity index (χ4n) is 2.42. The molecule has 0 fully saturated rings. The molecule has 0 saturated carbocycles. The van der Waals surface area contributed by atoms with E-state index in [0.717, 1.165) is 25.7 Å². The van der Waals surface area contributed by atoms with Gasteiger partial charge in [0, 0.05) is 17.9 Å². The van der Waals surface area contributed by atoms with Crippen LogP contribution >= 0.6 is 11.8 Å². The molecule has 0 rings (SSSR count). The number of nitrogens with one attached hydrogen (secondary N) is 1. The summed E-state index contributed by atoms with van der Waals surface area (Å²) in [6.45, 7) is 8.32. The minimum Gasteiger partial charge on any atom is -0.480 e. The fraction of sp³-hybridized carbons (Fsp3) is 0.636. The third-order valence-corrected chi connectivity index (χ3v) is 5.20. The highest BCUT2D eigenvalue weighted by Crippen LogP contribution is 2.21. The number of aliphatic carboxylic acids is 1. The molecule has 172 valence electrons. The second kappa shape index (κ2) is 15.2. The molecule has 0 aliphatic rings. The molecule has 4 nitrogen and oxygen atoms in total. The van der Waals surface area contributed by atoms with Crippen LogP contribution in [0.15, 0.2) is 34.9 Å². The average Bonchev–Trinajstić information content (AvgIpc) is 2.61. The third-order valence-electron chi connectivity index (χ3n) is 4.23. The van der Waals surface area contributed by atoms with Crippen LogP contribution in [0.3, 0.4) is 0 Å². The summed E-state index contributed by atoms with van der Waals surface area (Å²) in [6, 6.07) is -1.20. The van der Waals surface area contributed by atoms with Crippen LogP contribution in [0.1, 0.15) is 66.2 Å². The van der Waals surface area contributed by atoms with Crippen LogP contribution < -0.4 is 5.32 Å². The molecule has 2 N–H and O–H groups in total. The number of amides is 1. The molecule has 0 bridgehead atoms. The van der Waals surface area contributed by atoms with E-state index in [0.29, 0.717) is 5.75 Å². The van der Waals surface area contributed by atoms with Crippen molar-refractivity contribution >= 4 is 23.6 Å². The van der Waals surface area contributed by atoms with Crippen molar-refractivity contribution < 1.29 is 27.9 Å². The molecule has 0 heterocycles. The van der Waals surface area contributed by atoms with E-state index in [-0.39, 0.29) is 5.75 Å². The molecule has 0 aliphatic carbocycles. The summed E-state index contributed by atoms with van der Waals surface area (Å²) < 4.78 is 36.4. The Hall–Kier alpha value is -1.70. The number of carboxylic acid groups (broad SMARTS) is 1. The zero-order chi connectivity index (χ0) is 23.2. The molecule has 0 aromatic carbocycles. The van der Waals surface area contributed by atoms with E-state index < -0.39 is 36.9 Å². The minimum absolute atomic E-state index is 0.0975. The maximum Gasteiger partial charge on any atom is 0.389 e. The van der Waals surface area contributed by atoms with Crippen molar-refractivity contribution in [2.24, 2.45) is 0 Å². The van der Waals surface area contributed by atoms with Gasteiger partial charge in [-0.15, -0.1) is 0 Å². The van der Waals surface area contributed by atoms with Gasteiger partial charge in [0.25, 0.3) is 0 Å². The van der Waals surface area contributed by atoms with Crippen molar-refractivity contribution in [1.82, 2.24) is 5.32 Å². The van der Waals surface area contributed by atoms with E-state index in [1.54, 1.807) is 0 Å². The summed E-state index contributed by atoms with van der Waals surface area (Å²) in [5.41, 5.74) is 3.88. The summed E-state index contributed by atoms with van der Waals surface area (Å²) in [6.07, 6.45) is 3.97. The monoisotopic (exact) mass is 449 g/mol. The minimum atomic E-state index is -4.44. The predicted octanol–water partition coefficient (Wildman–Crippen LogP) is 6.05. The number of carbonyl (C=O) groups is 2. The van der Waals surface area contributed by atoms with Crippen LogP contribution in [-0.2, 0) is 9.59 Å². The molecule has 0 unspecified atom stereocenters. The Kier molecular flexibility index (Phi) is 14.3.